The van der Waals surface area contributed by atoms with Gasteiger partial charge in [0.2, 0.25) is 0 Å². The maximum Gasteiger partial charge on any atom is 0.0602 e. The van der Waals surface area contributed by atoms with E-state index >= 15 is 0 Å². The molecule has 2 saturated carbocycles. The highest BCUT2D eigenvalue weighted by atomic mass is 16.5. The molecule has 0 spiro atoms. The molecule has 2 rings (SSSR count). The van der Waals surface area contributed by atoms with Gasteiger partial charge in [-0.05, 0) is 45.4 Å². The zero-order chi connectivity index (χ0) is 9.47. The zero-order valence-electron chi connectivity index (χ0n) is 9.18. The van der Waals surface area contributed by atoms with Gasteiger partial charge in [0, 0.05) is 0 Å². The van der Waals surface area contributed by atoms with Crippen molar-refractivity contribution in [3.8, 4) is 0 Å². The minimum atomic E-state index is 0.0588. The summed E-state index contributed by atoms with van der Waals surface area (Å²) in [6.45, 7) is 6.50. The summed E-state index contributed by atoms with van der Waals surface area (Å²) in [5.41, 5.74) is 0.0588. The average Bonchev–Trinajstić information content (AvgIpc) is 2.40. The van der Waals surface area contributed by atoms with Gasteiger partial charge in [0.1, 0.15) is 0 Å². The molecule has 0 aromatic heterocycles. The fourth-order valence-electron chi connectivity index (χ4n) is 3.10. The van der Waals surface area contributed by atoms with Gasteiger partial charge >= 0.3 is 0 Å². The van der Waals surface area contributed by atoms with Crippen LogP contribution in [0.5, 0.6) is 0 Å². The van der Waals surface area contributed by atoms with Crippen molar-refractivity contribution in [2.75, 3.05) is 0 Å². The Balaban J connectivity index is 1.85. The van der Waals surface area contributed by atoms with E-state index in [4.69, 9.17) is 4.74 Å². The van der Waals surface area contributed by atoms with Crippen molar-refractivity contribution in [1.29, 1.82) is 0 Å². The number of hydrogen-bond donors (Lipinski definition) is 0. The predicted molar refractivity (Wildman–Crippen MR) is 54.7 cm³/mol. The van der Waals surface area contributed by atoms with E-state index in [2.05, 4.69) is 20.8 Å². The molecule has 13 heavy (non-hydrogen) atoms. The second-order valence-corrected chi connectivity index (χ2v) is 5.77. The van der Waals surface area contributed by atoms with Crippen molar-refractivity contribution in [2.24, 2.45) is 11.8 Å². The molecule has 2 atom stereocenters. The van der Waals surface area contributed by atoms with Crippen molar-refractivity contribution in [3.05, 3.63) is 0 Å². The number of fused-ring (bicyclic) bond motifs is 1. The minimum absolute atomic E-state index is 0.0588. The third-order valence-corrected chi connectivity index (χ3v) is 3.47. The van der Waals surface area contributed by atoms with Gasteiger partial charge in [-0.3, -0.25) is 0 Å². The topological polar surface area (TPSA) is 9.23 Å². The summed E-state index contributed by atoms with van der Waals surface area (Å²) in [4.78, 5) is 0. The fraction of sp³-hybridized carbons (Fsp3) is 1.00. The quantitative estimate of drug-likeness (QED) is 0.604. The zero-order valence-corrected chi connectivity index (χ0v) is 9.18. The minimum Gasteiger partial charge on any atom is -0.373 e. The van der Waals surface area contributed by atoms with Crippen LogP contribution < -0.4 is 0 Å². The summed E-state index contributed by atoms with van der Waals surface area (Å²) in [5, 5.41) is 0. The molecule has 2 aliphatic rings. The van der Waals surface area contributed by atoms with Crippen LogP contribution in [0.3, 0.4) is 0 Å². The molecule has 1 nitrogen and oxygen atoms in total. The normalized spacial score (nSPS) is 39.5. The molecule has 0 saturated heterocycles. The van der Waals surface area contributed by atoms with Gasteiger partial charge in [-0.15, -0.1) is 0 Å². The van der Waals surface area contributed by atoms with Crippen molar-refractivity contribution in [2.45, 2.75) is 64.6 Å². The molecule has 2 aliphatic carbocycles. The van der Waals surface area contributed by atoms with Crippen molar-refractivity contribution < 1.29 is 4.74 Å². The summed E-state index contributed by atoms with van der Waals surface area (Å²) >= 11 is 0. The number of ether oxygens (including phenoxy) is 1. The second-order valence-electron chi connectivity index (χ2n) is 5.77. The maximum absolute atomic E-state index is 6.04. The molecule has 2 fully saturated rings. The molecule has 0 bridgehead atoms. The lowest BCUT2D eigenvalue weighted by Crippen LogP contribution is -2.26. The highest BCUT2D eigenvalue weighted by molar-refractivity contribution is 4.89. The third kappa shape index (κ3) is 2.25. The molecule has 2 unspecified atom stereocenters. The maximum atomic E-state index is 6.04. The van der Waals surface area contributed by atoms with E-state index in [1.54, 1.807) is 0 Å². The van der Waals surface area contributed by atoms with Gasteiger partial charge in [0.15, 0.2) is 0 Å². The van der Waals surface area contributed by atoms with Crippen LogP contribution >= 0.6 is 0 Å². The molecular weight excluding hydrogens is 160 g/mol. The molecule has 0 aromatic rings. The fourth-order valence-corrected chi connectivity index (χ4v) is 3.10. The Morgan fingerprint density at radius 3 is 2.00 bits per heavy atom. The van der Waals surface area contributed by atoms with Crippen LogP contribution in [0, 0.1) is 11.8 Å². The van der Waals surface area contributed by atoms with Crippen LogP contribution in [-0.2, 0) is 4.74 Å². The van der Waals surface area contributed by atoms with E-state index in [9.17, 15) is 0 Å². The van der Waals surface area contributed by atoms with Crippen LogP contribution in [0.15, 0.2) is 0 Å². The Morgan fingerprint density at radius 2 is 1.54 bits per heavy atom. The van der Waals surface area contributed by atoms with Crippen LogP contribution in [0.2, 0.25) is 0 Å². The van der Waals surface area contributed by atoms with E-state index in [-0.39, 0.29) is 5.60 Å². The Bertz CT molecular complexity index is 168. The lowest BCUT2D eigenvalue weighted by molar-refractivity contribution is -0.0591. The monoisotopic (exact) mass is 182 g/mol. The molecule has 0 aromatic carbocycles. The molecule has 0 heterocycles. The summed E-state index contributed by atoms with van der Waals surface area (Å²) in [7, 11) is 0. The standard InChI is InChI=1S/C12H22O/c1-12(2,3)13-11-7-9-5-4-6-10(9)8-11/h9-11H,4-8H2,1-3H3. The molecule has 0 radical (unpaired) electrons. The molecule has 0 aliphatic heterocycles. The molecular formula is C12H22O. The van der Waals surface area contributed by atoms with E-state index < -0.39 is 0 Å². The SMILES string of the molecule is CC(C)(C)OC1CC2CCCC2C1. The summed E-state index contributed by atoms with van der Waals surface area (Å²) in [5.74, 6) is 2.01. The first kappa shape index (κ1) is 9.51. The molecule has 0 N–H and O–H groups in total. The number of rotatable bonds is 1. The van der Waals surface area contributed by atoms with Crippen molar-refractivity contribution >= 4 is 0 Å². The van der Waals surface area contributed by atoms with Crippen molar-refractivity contribution in [1.82, 2.24) is 0 Å². The van der Waals surface area contributed by atoms with Gasteiger partial charge in [-0.2, -0.15) is 0 Å². The van der Waals surface area contributed by atoms with Crippen LogP contribution in [-0.4, -0.2) is 11.7 Å². The lowest BCUT2D eigenvalue weighted by atomic mass is 10.0. The highest BCUT2D eigenvalue weighted by Gasteiger charge is 2.38. The lowest BCUT2D eigenvalue weighted by Gasteiger charge is -2.25. The molecule has 1 heteroatoms. The van der Waals surface area contributed by atoms with Gasteiger partial charge in [0.05, 0.1) is 11.7 Å². The van der Waals surface area contributed by atoms with Gasteiger partial charge in [0.25, 0.3) is 0 Å². The Hall–Kier alpha value is -0.0400. The summed E-state index contributed by atoms with van der Waals surface area (Å²) < 4.78 is 6.04. The third-order valence-electron chi connectivity index (χ3n) is 3.47. The molecule has 0 amide bonds. The van der Waals surface area contributed by atoms with E-state index in [0.717, 1.165) is 11.8 Å². The summed E-state index contributed by atoms with van der Waals surface area (Å²) in [6.07, 6.45) is 7.64. The predicted octanol–water partition coefficient (Wildman–Crippen LogP) is 3.38. The first-order chi connectivity index (χ1) is 6.04. The number of hydrogen-bond acceptors (Lipinski definition) is 1. The van der Waals surface area contributed by atoms with E-state index in [0.29, 0.717) is 6.10 Å². The first-order valence-electron chi connectivity index (χ1n) is 5.72. The Kier molecular flexibility index (Phi) is 2.39. The Labute approximate surface area is 81.9 Å². The smallest absolute Gasteiger partial charge is 0.0602 e. The van der Waals surface area contributed by atoms with Gasteiger partial charge in [-0.25, -0.2) is 0 Å². The second kappa shape index (κ2) is 3.27. The van der Waals surface area contributed by atoms with E-state index in [1.807, 2.05) is 0 Å². The first-order valence-corrected chi connectivity index (χ1v) is 5.72. The highest BCUT2D eigenvalue weighted by Crippen LogP contribution is 2.45. The van der Waals surface area contributed by atoms with Crippen LogP contribution in [0.25, 0.3) is 0 Å². The van der Waals surface area contributed by atoms with E-state index in [1.165, 1.54) is 32.1 Å². The average molecular weight is 182 g/mol. The molecule has 76 valence electrons. The Morgan fingerprint density at radius 1 is 1.00 bits per heavy atom. The summed E-state index contributed by atoms with van der Waals surface area (Å²) in [6, 6.07) is 0. The van der Waals surface area contributed by atoms with Crippen LogP contribution in [0.4, 0.5) is 0 Å². The van der Waals surface area contributed by atoms with Gasteiger partial charge in [-0.1, -0.05) is 19.3 Å². The van der Waals surface area contributed by atoms with Crippen molar-refractivity contribution in [3.63, 3.8) is 0 Å². The van der Waals surface area contributed by atoms with Crippen LogP contribution in [0.1, 0.15) is 52.9 Å². The largest absolute Gasteiger partial charge is 0.373 e. The van der Waals surface area contributed by atoms with Gasteiger partial charge < -0.3 is 4.74 Å².